The molecule has 1 amide bonds. The first kappa shape index (κ1) is 26.5. The second-order valence-corrected chi connectivity index (χ2v) is 10.5. The number of rotatable bonds is 7. The van der Waals surface area contributed by atoms with E-state index in [-0.39, 0.29) is 36.4 Å². The molecule has 2 aliphatic heterocycles. The van der Waals surface area contributed by atoms with Gasteiger partial charge in [0.25, 0.3) is 0 Å². The van der Waals surface area contributed by atoms with Crippen molar-refractivity contribution in [3.8, 4) is 5.75 Å². The van der Waals surface area contributed by atoms with Gasteiger partial charge in [-0.2, -0.15) is 0 Å². The van der Waals surface area contributed by atoms with Gasteiger partial charge in [-0.1, -0.05) is 6.07 Å². The predicted molar refractivity (Wildman–Crippen MR) is 138 cm³/mol. The van der Waals surface area contributed by atoms with E-state index < -0.39 is 11.9 Å². The Labute approximate surface area is 222 Å². The largest absolute Gasteiger partial charge is 0.496 e. The Bertz CT molecular complexity index is 1140. The average Bonchev–Trinajstić information content (AvgIpc) is 3.37. The molecular weight excluding hydrogens is 489 g/mol. The minimum absolute atomic E-state index is 0.0498. The third-order valence-electron chi connectivity index (χ3n) is 8.35. The van der Waals surface area contributed by atoms with Crippen molar-refractivity contribution in [2.45, 2.75) is 62.8 Å². The van der Waals surface area contributed by atoms with Crippen LogP contribution < -0.4 is 20.9 Å². The van der Waals surface area contributed by atoms with Gasteiger partial charge in [0.1, 0.15) is 17.6 Å². The molecule has 10 heteroatoms. The zero-order valence-corrected chi connectivity index (χ0v) is 21.9. The number of carbonyl (C=O) groups excluding carboxylic acids is 2. The van der Waals surface area contributed by atoms with Crippen molar-refractivity contribution in [1.82, 2.24) is 26.1 Å². The summed E-state index contributed by atoms with van der Waals surface area (Å²) in [7, 11) is 2.86. The lowest BCUT2D eigenvalue weighted by molar-refractivity contribution is -0.149. The number of hydrazine groups is 1. The summed E-state index contributed by atoms with van der Waals surface area (Å²) in [6.07, 6.45) is 7.29. The fraction of sp³-hybridized carbons (Fsp3) is 0.536. The summed E-state index contributed by atoms with van der Waals surface area (Å²) in [6, 6.07) is 8.54. The van der Waals surface area contributed by atoms with Crippen LogP contribution in [0.3, 0.4) is 0 Å². The molecule has 3 aliphatic rings. The number of nitrogens with zero attached hydrogens (tertiary/aromatic N) is 2. The van der Waals surface area contributed by atoms with Gasteiger partial charge in [-0.15, -0.1) is 0 Å². The zero-order chi connectivity index (χ0) is 26.6. The van der Waals surface area contributed by atoms with Crippen molar-refractivity contribution in [2.75, 3.05) is 20.8 Å². The number of amides is 1. The summed E-state index contributed by atoms with van der Waals surface area (Å²) in [6.45, 7) is 0.602. The smallest absolute Gasteiger partial charge is 0.323 e. The number of halogens is 1. The summed E-state index contributed by atoms with van der Waals surface area (Å²) in [4.78, 5) is 32.0. The van der Waals surface area contributed by atoms with Crippen LogP contribution in [-0.2, 0) is 20.9 Å². The highest BCUT2D eigenvalue weighted by molar-refractivity contribution is 5.79. The Morgan fingerprint density at radius 1 is 1.11 bits per heavy atom. The highest BCUT2D eigenvalue weighted by Gasteiger charge is 2.43. The minimum atomic E-state index is -0.510. The molecule has 2 aromatic rings. The zero-order valence-electron chi connectivity index (χ0n) is 21.9. The molecular formula is C28H36FN5O4. The number of pyridine rings is 1. The van der Waals surface area contributed by atoms with Crippen LogP contribution in [0.5, 0.6) is 5.75 Å². The fourth-order valence-electron chi connectivity index (χ4n) is 6.34. The number of fused-ring (bicyclic) bond motifs is 1. The average molecular weight is 526 g/mol. The molecule has 5 rings (SSSR count). The molecule has 3 heterocycles. The topological polar surface area (TPSA) is 105 Å². The predicted octanol–water partition coefficient (Wildman–Crippen LogP) is 2.49. The number of nitrogens with one attached hydrogen (secondary N) is 3. The lowest BCUT2D eigenvalue weighted by Gasteiger charge is -2.39. The molecule has 9 nitrogen and oxygen atoms in total. The van der Waals surface area contributed by atoms with Crippen LogP contribution in [0.2, 0.25) is 0 Å². The van der Waals surface area contributed by atoms with Crippen LogP contribution >= 0.6 is 0 Å². The SMILES string of the molecule is COC(=O)[C@@H]1CC[C@@H](NC(=O)C2CCC3NNC(c4ccncc4)C3C2)CN1Cc1c(F)cccc1OC. The van der Waals surface area contributed by atoms with Crippen molar-refractivity contribution in [2.24, 2.45) is 11.8 Å². The van der Waals surface area contributed by atoms with Gasteiger partial charge in [0.05, 0.1) is 20.3 Å². The molecule has 0 spiro atoms. The Balaban J connectivity index is 1.25. The van der Waals surface area contributed by atoms with Crippen LogP contribution in [-0.4, -0.2) is 60.7 Å². The lowest BCUT2D eigenvalue weighted by atomic mass is 9.74. The van der Waals surface area contributed by atoms with E-state index in [0.717, 1.165) is 19.3 Å². The molecule has 1 aromatic heterocycles. The normalized spacial score (nSPS) is 29.3. The van der Waals surface area contributed by atoms with Crippen LogP contribution in [0, 0.1) is 17.7 Å². The van der Waals surface area contributed by atoms with Gasteiger partial charge in [-0.25, -0.2) is 9.82 Å². The van der Waals surface area contributed by atoms with Crippen LogP contribution in [0.15, 0.2) is 42.7 Å². The molecule has 3 fully saturated rings. The number of likely N-dealkylation sites (tertiary alicyclic amines) is 1. The highest BCUT2D eigenvalue weighted by atomic mass is 19.1. The number of hydrogen-bond acceptors (Lipinski definition) is 8. The number of methoxy groups -OCH3 is 2. The molecule has 6 atom stereocenters. The fourth-order valence-corrected chi connectivity index (χ4v) is 6.34. The number of benzene rings is 1. The van der Waals surface area contributed by atoms with Crippen molar-refractivity contribution >= 4 is 11.9 Å². The molecule has 0 radical (unpaired) electrons. The van der Waals surface area contributed by atoms with Gasteiger partial charge >= 0.3 is 5.97 Å². The molecule has 3 N–H and O–H groups in total. The molecule has 0 bridgehead atoms. The number of piperidine rings is 1. The van der Waals surface area contributed by atoms with Crippen LogP contribution in [0.25, 0.3) is 0 Å². The maximum absolute atomic E-state index is 14.7. The van der Waals surface area contributed by atoms with Gasteiger partial charge in [-0.3, -0.25) is 24.9 Å². The van der Waals surface area contributed by atoms with E-state index in [4.69, 9.17) is 9.47 Å². The molecule has 1 aromatic carbocycles. The van der Waals surface area contributed by atoms with Gasteiger partial charge in [0.15, 0.2) is 0 Å². The van der Waals surface area contributed by atoms with Crippen molar-refractivity contribution in [1.29, 1.82) is 0 Å². The highest BCUT2D eigenvalue weighted by Crippen LogP contribution is 2.40. The summed E-state index contributed by atoms with van der Waals surface area (Å²) in [5.74, 6) is -0.0410. The monoisotopic (exact) mass is 525 g/mol. The van der Waals surface area contributed by atoms with E-state index in [1.54, 1.807) is 24.5 Å². The van der Waals surface area contributed by atoms with E-state index in [1.807, 2.05) is 17.0 Å². The third kappa shape index (κ3) is 5.52. The molecule has 38 heavy (non-hydrogen) atoms. The van der Waals surface area contributed by atoms with E-state index in [9.17, 15) is 14.0 Å². The number of aromatic nitrogens is 1. The van der Waals surface area contributed by atoms with E-state index in [0.29, 0.717) is 42.7 Å². The Morgan fingerprint density at radius 3 is 2.68 bits per heavy atom. The summed E-state index contributed by atoms with van der Waals surface area (Å²) < 4.78 is 25.1. The first-order valence-corrected chi connectivity index (χ1v) is 13.3. The standard InChI is InChI=1S/C28H36FN5O4/c1-37-25-5-3-4-22(29)21(25)16-34-15-19(7-9-24(34)28(36)38-2)31-27(35)18-6-8-23-20(14-18)26(33-32-23)17-10-12-30-13-11-17/h3-5,10-13,18-20,23-24,26,32-33H,6-9,14-16H2,1-2H3,(H,31,35)/t18?,19-,20?,23?,24+,26?/m1/s1. The number of hydrogen-bond donors (Lipinski definition) is 3. The number of ether oxygens (including phenoxy) is 2. The Kier molecular flexibility index (Phi) is 8.21. The molecule has 2 saturated heterocycles. The molecule has 1 saturated carbocycles. The Morgan fingerprint density at radius 2 is 1.92 bits per heavy atom. The molecule has 204 valence electrons. The van der Waals surface area contributed by atoms with Gasteiger partial charge < -0.3 is 14.8 Å². The van der Waals surface area contributed by atoms with E-state index >= 15 is 0 Å². The first-order valence-electron chi connectivity index (χ1n) is 13.3. The number of esters is 1. The summed E-state index contributed by atoms with van der Waals surface area (Å²) in [5.41, 5.74) is 8.39. The van der Waals surface area contributed by atoms with E-state index in [1.165, 1.54) is 25.8 Å². The van der Waals surface area contributed by atoms with Gasteiger partial charge in [0, 0.05) is 49.0 Å². The quantitative estimate of drug-likeness (QED) is 0.474. The van der Waals surface area contributed by atoms with Crippen LogP contribution in [0.4, 0.5) is 4.39 Å². The van der Waals surface area contributed by atoms with Gasteiger partial charge in [0.2, 0.25) is 5.91 Å². The third-order valence-corrected chi connectivity index (χ3v) is 8.35. The minimum Gasteiger partial charge on any atom is -0.496 e. The Hall–Kier alpha value is -3.08. The van der Waals surface area contributed by atoms with Crippen molar-refractivity contribution < 1.29 is 23.5 Å². The maximum Gasteiger partial charge on any atom is 0.323 e. The lowest BCUT2D eigenvalue weighted by Crippen LogP contribution is -2.55. The second-order valence-electron chi connectivity index (χ2n) is 10.5. The summed E-state index contributed by atoms with van der Waals surface area (Å²) >= 11 is 0. The molecule has 1 aliphatic carbocycles. The summed E-state index contributed by atoms with van der Waals surface area (Å²) in [5, 5.41) is 3.25. The van der Waals surface area contributed by atoms with Crippen LogP contribution in [0.1, 0.15) is 49.3 Å². The van der Waals surface area contributed by atoms with Crippen molar-refractivity contribution in [3.63, 3.8) is 0 Å². The molecule has 4 unspecified atom stereocenters. The van der Waals surface area contributed by atoms with Gasteiger partial charge in [-0.05, 0) is 67.9 Å². The second kappa shape index (κ2) is 11.8. The number of carbonyl (C=O) groups is 2. The van der Waals surface area contributed by atoms with E-state index in [2.05, 4.69) is 21.2 Å². The maximum atomic E-state index is 14.7. The van der Waals surface area contributed by atoms with Crippen molar-refractivity contribution in [3.05, 3.63) is 59.7 Å². The first-order chi connectivity index (χ1) is 18.5.